The number of hydrogen-bond donors (Lipinski definition) is 0. The molecular weight excluding hydrogens is 228 g/mol. The highest BCUT2D eigenvalue weighted by molar-refractivity contribution is 5.72. The Morgan fingerprint density at radius 1 is 1.06 bits per heavy atom. The predicted molar refractivity (Wildman–Crippen MR) is 73.5 cm³/mol. The SMILES string of the molecule is CCOC(=O)C(C)CN1CCN(CC(C)C)CC1. The van der Waals surface area contributed by atoms with Crippen LogP contribution in [0.15, 0.2) is 0 Å². The summed E-state index contributed by atoms with van der Waals surface area (Å²) in [6, 6.07) is 0. The van der Waals surface area contributed by atoms with E-state index in [-0.39, 0.29) is 11.9 Å². The standard InChI is InChI=1S/C14H28N2O2/c1-5-18-14(17)13(4)11-16-8-6-15(7-9-16)10-12(2)3/h12-13H,5-11H2,1-4H3. The van der Waals surface area contributed by atoms with Crippen LogP contribution < -0.4 is 0 Å². The summed E-state index contributed by atoms with van der Waals surface area (Å²) in [4.78, 5) is 16.5. The summed E-state index contributed by atoms with van der Waals surface area (Å²) in [5.74, 6) is 0.652. The van der Waals surface area contributed by atoms with Crippen LogP contribution >= 0.6 is 0 Å². The summed E-state index contributed by atoms with van der Waals surface area (Å²) < 4.78 is 5.04. The molecule has 1 saturated heterocycles. The fraction of sp³-hybridized carbons (Fsp3) is 0.929. The lowest BCUT2D eigenvalue weighted by Crippen LogP contribution is -2.49. The molecular formula is C14H28N2O2. The van der Waals surface area contributed by atoms with Crippen LogP contribution in [0.2, 0.25) is 0 Å². The molecule has 1 rings (SSSR count). The molecule has 0 aromatic carbocycles. The van der Waals surface area contributed by atoms with Crippen LogP contribution in [0.5, 0.6) is 0 Å². The highest BCUT2D eigenvalue weighted by Crippen LogP contribution is 2.08. The lowest BCUT2D eigenvalue weighted by molar-refractivity contribution is -0.148. The zero-order chi connectivity index (χ0) is 13.5. The van der Waals surface area contributed by atoms with E-state index >= 15 is 0 Å². The van der Waals surface area contributed by atoms with Crippen molar-refractivity contribution in [2.45, 2.75) is 27.7 Å². The Hall–Kier alpha value is -0.610. The van der Waals surface area contributed by atoms with Crippen molar-refractivity contribution in [3.8, 4) is 0 Å². The van der Waals surface area contributed by atoms with Crippen LogP contribution in [0, 0.1) is 11.8 Å². The molecule has 1 unspecified atom stereocenters. The first-order valence-corrected chi connectivity index (χ1v) is 7.14. The monoisotopic (exact) mass is 256 g/mol. The number of carbonyl (C=O) groups is 1. The van der Waals surface area contributed by atoms with Gasteiger partial charge in [0.15, 0.2) is 0 Å². The third-order valence-corrected chi connectivity index (χ3v) is 3.31. The minimum absolute atomic E-state index is 0.0124. The topological polar surface area (TPSA) is 32.8 Å². The number of rotatable bonds is 6. The molecule has 4 nitrogen and oxygen atoms in total. The van der Waals surface area contributed by atoms with Crippen molar-refractivity contribution >= 4 is 5.97 Å². The van der Waals surface area contributed by atoms with Crippen LogP contribution in [0.4, 0.5) is 0 Å². The lowest BCUT2D eigenvalue weighted by Gasteiger charge is -2.36. The van der Waals surface area contributed by atoms with Gasteiger partial charge >= 0.3 is 5.97 Å². The molecule has 1 aliphatic rings. The van der Waals surface area contributed by atoms with Crippen molar-refractivity contribution in [2.24, 2.45) is 11.8 Å². The van der Waals surface area contributed by atoms with E-state index in [0.717, 1.165) is 38.6 Å². The van der Waals surface area contributed by atoms with Gasteiger partial charge in [0.2, 0.25) is 0 Å². The van der Waals surface area contributed by atoms with Gasteiger partial charge in [0, 0.05) is 39.3 Å². The van der Waals surface area contributed by atoms with Crippen molar-refractivity contribution in [3.63, 3.8) is 0 Å². The minimum Gasteiger partial charge on any atom is -0.466 e. The first-order valence-electron chi connectivity index (χ1n) is 7.14. The van der Waals surface area contributed by atoms with Gasteiger partial charge in [-0.05, 0) is 12.8 Å². The fourth-order valence-electron chi connectivity index (χ4n) is 2.42. The molecule has 1 heterocycles. The zero-order valence-corrected chi connectivity index (χ0v) is 12.3. The number of nitrogens with zero attached hydrogens (tertiary/aromatic N) is 2. The molecule has 4 heteroatoms. The third-order valence-electron chi connectivity index (χ3n) is 3.31. The minimum atomic E-state index is -0.0675. The molecule has 1 atom stereocenters. The Bertz CT molecular complexity index is 248. The van der Waals surface area contributed by atoms with Gasteiger partial charge in [-0.15, -0.1) is 0 Å². The molecule has 0 aliphatic carbocycles. The van der Waals surface area contributed by atoms with Crippen LogP contribution in [0.3, 0.4) is 0 Å². The Labute approximate surface area is 111 Å². The smallest absolute Gasteiger partial charge is 0.309 e. The molecule has 0 bridgehead atoms. The largest absolute Gasteiger partial charge is 0.466 e. The number of piperazine rings is 1. The Morgan fingerprint density at radius 2 is 1.56 bits per heavy atom. The molecule has 0 spiro atoms. The molecule has 106 valence electrons. The Morgan fingerprint density at radius 3 is 2.00 bits per heavy atom. The number of hydrogen-bond acceptors (Lipinski definition) is 4. The molecule has 18 heavy (non-hydrogen) atoms. The quantitative estimate of drug-likeness (QED) is 0.674. The van der Waals surface area contributed by atoms with Crippen LogP contribution in [-0.4, -0.2) is 61.6 Å². The molecule has 0 amide bonds. The van der Waals surface area contributed by atoms with Crippen LogP contribution in [-0.2, 0) is 9.53 Å². The number of ether oxygens (including phenoxy) is 1. The van der Waals surface area contributed by atoms with Gasteiger partial charge in [-0.3, -0.25) is 9.69 Å². The average molecular weight is 256 g/mol. The van der Waals surface area contributed by atoms with E-state index < -0.39 is 0 Å². The number of carbonyl (C=O) groups excluding carboxylic acids is 1. The second-order valence-corrected chi connectivity index (χ2v) is 5.65. The molecule has 0 radical (unpaired) electrons. The second kappa shape index (κ2) is 7.74. The molecule has 1 fully saturated rings. The van der Waals surface area contributed by atoms with E-state index in [1.54, 1.807) is 0 Å². The van der Waals surface area contributed by atoms with Crippen molar-refractivity contribution in [1.82, 2.24) is 9.80 Å². The summed E-state index contributed by atoms with van der Waals surface area (Å²) in [7, 11) is 0. The summed E-state index contributed by atoms with van der Waals surface area (Å²) in [5.41, 5.74) is 0. The molecule has 0 aromatic rings. The van der Waals surface area contributed by atoms with E-state index in [9.17, 15) is 4.79 Å². The summed E-state index contributed by atoms with van der Waals surface area (Å²) >= 11 is 0. The lowest BCUT2D eigenvalue weighted by atomic mass is 10.1. The van der Waals surface area contributed by atoms with Crippen molar-refractivity contribution in [1.29, 1.82) is 0 Å². The van der Waals surface area contributed by atoms with Crippen LogP contribution in [0.1, 0.15) is 27.7 Å². The van der Waals surface area contributed by atoms with Gasteiger partial charge in [0.25, 0.3) is 0 Å². The van der Waals surface area contributed by atoms with E-state index in [1.165, 1.54) is 6.54 Å². The van der Waals surface area contributed by atoms with Gasteiger partial charge in [-0.1, -0.05) is 20.8 Å². The molecule has 0 N–H and O–H groups in total. The van der Waals surface area contributed by atoms with Gasteiger partial charge in [0.1, 0.15) is 0 Å². The maximum absolute atomic E-state index is 11.6. The first-order chi connectivity index (χ1) is 8.52. The summed E-state index contributed by atoms with van der Waals surface area (Å²) in [6.07, 6.45) is 0. The summed E-state index contributed by atoms with van der Waals surface area (Å²) in [5, 5.41) is 0. The number of esters is 1. The molecule has 1 aliphatic heterocycles. The van der Waals surface area contributed by atoms with Gasteiger partial charge in [-0.2, -0.15) is 0 Å². The maximum atomic E-state index is 11.6. The third kappa shape index (κ3) is 5.36. The second-order valence-electron chi connectivity index (χ2n) is 5.65. The first kappa shape index (κ1) is 15.4. The van der Waals surface area contributed by atoms with Crippen LogP contribution in [0.25, 0.3) is 0 Å². The Kier molecular flexibility index (Phi) is 6.65. The van der Waals surface area contributed by atoms with Crippen molar-refractivity contribution in [3.05, 3.63) is 0 Å². The van der Waals surface area contributed by atoms with Crippen molar-refractivity contribution < 1.29 is 9.53 Å². The van der Waals surface area contributed by atoms with E-state index in [2.05, 4.69) is 23.6 Å². The highest BCUT2D eigenvalue weighted by atomic mass is 16.5. The van der Waals surface area contributed by atoms with Gasteiger partial charge < -0.3 is 9.64 Å². The molecule has 0 aromatic heterocycles. The maximum Gasteiger partial charge on any atom is 0.309 e. The van der Waals surface area contributed by atoms with E-state index in [1.807, 2.05) is 13.8 Å². The average Bonchev–Trinajstić information content (AvgIpc) is 2.31. The predicted octanol–water partition coefficient (Wildman–Crippen LogP) is 1.46. The van der Waals surface area contributed by atoms with E-state index in [0.29, 0.717) is 6.61 Å². The zero-order valence-electron chi connectivity index (χ0n) is 12.3. The fourth-order valence-corrected chi connectivity index (χ4v) is 2.42. The van der Waals surface area contributed by atoms with E-state index in [4.69, 9.17) is 4.74 Å². The highest BCUT2D eigenvalue weighted by Gasteiger charge is 2.22. The normalized spacial score (nSPS) is 20.1. The van der Waals surface area contributed by atoms with Crippen molar-refractivity contribution in [2.75, 3.05) is 45.9 Å². The van der Waals surface area contributed by atoms with Gasteiger partial charge in [-0.25, -0.2) is 0 Å². The Balaban J connectivity index is 2.24. The van der Waals surface area contributed by atoms with Gasteiger partial charge in [0.05, 0.1) is 12.5 Å². The summed E-state index contributed by atoms with van der Waals surface area (Å²) in [6.45, 7) is 15.2. The molecule has 0 saturated carbocycles.